The van der Waals surface area contributed by atoms with Crippen LogP contribution >= 0.6 is 0 Å². The molecule has 2 fully saturated rings. The first-order chi connectivity index (χ1) is 10.2. The SMILES string of the molecule is CNC(=O)Cn1cc(NC(=O)C2NCC3CCCC32)cn1. The van der Waals surface area contributed by atoms with Gasteiger partial charge in [0.1, 0.15) is 6.54 Å². The van der Waals surface area contributed by atoms with Gasteiger partial charge in [-0.3, -0.25) is 14.3 Å². The highest BCUT2D eigenvalue weighted by Gasteiger charge is 2.42. The van der Waals surface area contributed by atoms with E-state index in [4.69, 9.17) is 0 Å². The standard InChI is InChI=1S/C14H21N5O2/c1-15-12(20)8-19-7-10(6-17-19)18-14(21)13-11-4-2-3-9(11)5-16-13/h6-7,9,11,13,16H,2-5,8H2,1H3,(H,15,20)(H,18,21). The van der Waals surface area contributed by atoms with E-state index in [1.165, 1.54) is 17.5 Å². The zero-order chi connectivity index (χ0) is 14.8. The number of fused-ring (bicyclic) bond motifs is 1. The van der Waals surface area contributed by atoms with Crippen molar-refractivity contribution >= 4 is 17.5 Å². The van der Waals surface area contributed by atoms with Crippen molar-refractivity contribution in [2.24, 2.45) is 11.8 Å². The van der Waals surface area contributed by atoms with Crippen molar-refractivity contribution in [2.45, 2.75) is 31.8 Å². The van der Waals surface area contributed by atoms with E-state index < -0.39 is 0 Å². The molecule has 0 aromatic carbocycles. The predicted molar refractivity (Wildman–Crippen MR) is 77.5 cm³/mol. The van der Waals surface area contributed by atoms with Gasteiger partial charge in [0.15, 0.2) is 0 Å². The molecule has 1 aromatic heterocycles. The molecule has 2 aliphatic rings. The van der Waals surface area contributed by atoms with Crippen LogP contribution in [0.15, 0.2) is 12.4 Å². The van der Waals surface area contributed by atoms with Crippen LogP contribution in [0.25, 0.3) is 0 Å². The highest BCUT2D eigenvalue weighted by Crippen LogP contribution is 2.37. The summed E-state index contributed by atoms with van der Waals surface area (Å²) < 4.78 is 1.51. The van der Waals surface area contributed by atoms with Crippen molar-refractivity contribution in [3.63, 3.8) is 0 Å². The lowest BCUT2D eigenvalue weighted by molar-refractivity contribution is -0.121. The Morgan fingerprint density at radius 3 is 3.14 bits per heavy atom. The Hall–Kier alpha value is -1.89. The van der Waals surface area contributed by atoms with Gasteiger partial charge in [0, 0.05) is 13.2 Å². The fourth-order valence-electron chi connectivity index (χ4n) is 3.44. The van der Waals surface area contributed by atoms with E-state index in [1.807, 2.05) is 0 Å². The molecule has 3 atom stereocenters. The second kappa shape index (κ2) is 5.85. The van der Waals surface area contributed by atoms with Crippen molar-refractivity contribution in [2.75, 3.05) is 18.9 Å². The number of rotatable bonds is 4. The summed E-state index contributed by atoms with van der Waals surface area (Å²) in [6.07, 6.45) is 6.83. The average Bonchev–Trinajstić information content (AvgIpc) is 3.14. The monoisotopic (exact) mass is 291 g/mol. The lowest BCUT2D eigenvalue weighted by Crippen LogP contribution is -2.39. The summed E-state index contributed by atoms with van der Waals surface area (Å²) in [5.74, 6) is 0.994. The van der Waals surface area contributed by atoms with Crippen LogP contribution in [0.3, 0.4) is 0 Å². The van der Waals surface area contributed by atoms with Crippen LogP contribution in [0.4, 0.5) is 5.69 Å². The molecule has 1 aliphatic heterocycles. The molecule has 21 heavy (non-hydrogen) atoms. The van der Waals surface area contributed by atoms with Gasteiger partial charge in [-0.2, -0.15) is 5.10 Å². The fraction of sp³-hybridized carbons (Fsp3) is 0.643. The molecule has 2 amide bonds. The summed E-state index contributed by atoms with van der Waals surface area (Å²) in [5, 5.41) is 12.8. The lowest BCUT2D eigenvalue weighted by atomic mass is 9.93. The number of nitrogens with zero attached hydrogens (tertiary/aromatic N) is 2. The van der Waals surface area contributed by atoms with Crippen LogP contribution in [0.1, 0.15) is 19.3 Å². The molecule has 3 rings (SSSR count). The Bertz CT molecular complexity index is 541. The van der Waals surface area contributed by atoms with Gasteiger partial charge in [0.2, 0.25) is 11.8 Å². The molecule has 1 aliphatic carbocycles. The molecule has 0 spiro atoms. The van der Waals surface area contributed by atoms with Gasteiger partial charge in [-0.15, -0.1) is 0 Å². The van der Waals surface area contributed by atoms with Gasteiger partial charge in [-0.05, 0) is 31.2 Å². The molecule has 7 nitrogen and oxygen atoms in total. The Morgan fingerprint density at radius 2 is 2.33 bits per heavy atom. The largest absolute Gasteiger partial charge is 0.358 e. The highest BCUT2D eigenvalue weighted by atomic mass is 16.2. The van der Waals surface area contributed by atoms with Crippen molar-refractivity contribution in [1.82, 2.24) is 20.4 Å². The lowest BCUT2D eigenvalue weighted by Gasteiger charge is -2.16. The second-order valence-corrected chi connectivity index (χ2v) is 5.83. The van der Waals surface area contributed by atoms with Gasteiger partial charge in [-0.1, -0.05) is 6.42 Å². The maximum atomic E-state index is 12.4. The zero-order valence-electron chi connectivity index (χ0n) is 12.1. The summed E-state index contributed by atoms with van der Waals surface area (Å²) in [5.41, 5.74) is 0.632. The number of anilines is 1. The number of nitrogens with one attached hydrogen (secondary N) is 3. The van der Waals surface area contributed by atoms with Crippen LogP contribution in [0.5, 0.6) is 0 Å². The summed E-state index contributed by atoms with van der Waals surface area (Å²) in [7, 11) is 1.58. The first-order valence-corrected chi connectivity index (χ1v) is 7.44. The number of amides is 2. The molecule has 0 bridgehead atoms. The first-order valence-electron chi connectivity index (χ1n) is 7.44. The molecule has 3 unspecified atom stereocenters. The number of likely N-dealkylation sites (N-methyl/N-ethyl adjacent to an activating group) is 1. The van der Waals surface area contributed by atoms with Crippen LogP contribution in [0.2, 0.25) is 0 Å². The van der Waals surface area contributed by atoms with Crippen molar-refractivity contribution < 1.29 is 9.59 Å². The van der Waals surface area contributed by atoms with E-state index in [1.54, 1.807) is 19.4 Å². The topological polar surface area (TPSA) is 88.0 Å². The van der Waals surface area contributed by atoms with E-state index in [0.717, 1.165) is 13.0 Å². The van der Waals surface area contributed by atoms with Crippen molar-refractivity contribution in [3.05, 3.63) is 12.4 Å². The maximum absolute atomic E-state index is 12.4. The van der Waals surface area contributed by atoms with E-state index in [2.05, 4.69) is 21.0 Å². The number of aromatic nitrogens is 2. The molecule has 7 heteroatoms. The van der Waals surface area contributed by atoms with Gasteiger partial charge in [-0.25, -0.2) is 0 Å². The van der Waals surface area contributed by atoms with Crippen molar-refractivity contribution in [3.8, 4) is 0 Å². The molecule has 2 heterocycles. The van der Waals surface area contributed by atoms with Crippen molar-refractivity contribution in [1.29, 1.82) is 0 Å². The highest BCUT2D eigenvalue weighted by molar-refractivity contribution is 5.95. The quantitative estimate of drug-likeness (QED) is 0.726. The van der Waals surface area contributed by atoms with E-state index >= 15 is 0 Å². The minimum absolute atomic E-state index is 0.00360. The van der Waals surface area contributed by atoms with E-state index in [9.17, 15) is 9.59 Å². The summed E-state index contributed by atoms with van der Waals surface area (Å²) in [4.78, 5) is 23.6. The summed E-state index contributed by atoms with van der Waals surface area (Å²) >= 11 is 0. The van der Waals surface area contributed by atoms with Crippen LogP contribution in [-0.4, -0.2) is 41.2 Å². The molecular weight excluding hydrogens is 270 g/mol. The first kappa shape index (κ1) is 14.1. The number of hydrogen-bond acceptors (Lipinski definition) is 4. The van der Waals surface area contributed by atoms with E-state index in [-0.39, 0.29) is 24.4 Å². The Kier molecular flexibility index (Phi) is 3.92. The number of carbonyl (C=O) groups excluding carboxylic acids is 2. The third-order valence-corrected chi connectivity index (χ3v) is 4.51. The maximum Gasteiger partial charge on any atom is 0.241 e. The average molecular weight is 291 g/mol. The van der Waals surface area contributed by atoms with Crippen LogP contribution in [-0.2, 0) is 16.1 Å². The molecule has 1 aromatic rings. The molecule has 1 saturated carbocycles. The normalized spacial score (nSPS) is 27.4. The fourth-order valence-corrected chi connectivity index (χ4v) is 3.44. The predicted octanol–water partition coefficient (Wildman–Crippen LogP) is -0.0443. The smallest absolute Gasteiger partial charge is 0.241 e. The Morgan fingerprint density at radius 1 is 1.48 bits per heavy atom. The third kappa shape index (κ3) is 2.92. The van der Waals surface area contributed by atoms with Gasteiger partial charge in [0.05, 0.1) is 17.9 Å². The molecular formula is C14H21N5O2. The van der Waals surface area contributed by atoms with Gasteiger partial charge < -0.3 is 16.0 Å². The van der Waals surface area contributed by atoms with Gasteiger partial charge in [0.25, 0.3) is 0 Å². The minimum Gasteiger partial charge on any atom is -0.358 e. The number of carbonyl (C=O) groups is 2. The molecule has 0 radical (unpaired) electrons. The summed E-state index contributed by atoms with van der Waals surface area (Å²) in [6, 6.07) is -0.0974. The van der Waals surface area contributed by atoms with Crippen LogP contribution in [0, 0.1) is 11.8 Å². The molecule has 3 N–H and O–H groups in total. The van der Waals surface area contributed by atoms with E-state index in [0.29, 0.717) is 17.5 Å². The summed E-state index contributed by atoms with van der Waals surface area (Å²) in [6.45, 7) is 1.09. The minimum atomic E-state index is -0.123. The van der Waals surface area contributed by atoms with Gasteiger partial charge >= 0.3 is 0 Å². The second-order valence-electron chi connectivity index (χ2n) is 5.83. The Labute approximate surface area is 123 Å². The number of hydrogen-bond donors (Lipinski definition) is 3. The third-order valence-electron chi connectivity index (χ3n) is 4.51. The molecule has 1 saturated heterocycles. The van der Waals surface area contributed by atoms with Crippen LogP contribution < -0.4 is 16.0 Å². The molecule has 114 valence electrons. The Balaban J connectivity index is 1.59. The zero-order valence-corrected chi connectivity index (χ0v) is 12.1.